The van der Waals surface area contributed by atoms with E-state index in [0.29, 0.717) is 23.2 Å². The predicted octanol–water partition coefficient (Wildman–Crippen LogP) is 4.32. The van der Waals surface area contributed by atoms with E-state index in [1.807, 2.05) is 19.1 Å². The minimum Gasteiger partial charge on any atom is -0.312 e. The van der Waals surface area contributed by atoms with Crippen LogP contribution in [-0.4, -0.2) is 33.4 Å². The first-order valence-electron chi connectivity index (χ1n) is 8.81. The van der Waals surface area contributed by atoms with Crippen molar-refractivity contribution in [3.8, 4) is 11.4 Å². The number of aromatic nitrogens is 3. The smallest absolute Gasteiger partial charge is 0.237 e. The molecule has 3 rings (SSSR count). The lowest BCUT2D eigenvalue weighted by molar-refractivity contribution is -0.116. The molecule has 0 aliphatic rings. The van der Waals surface area contributed by atoms with Crippen molar-refractivity contribution in [2.75, 3.05) is 17.2 Å². The third-order valence-corrected chi connectivity index (χ3v) is 5.01. The number of carbonyl (C=O) groups is 1. The van der Waals surface area contributed by atoms with Crippen LogP contribution in [0.1, 0.15) is 19.4 Å². The van der Waals surface area contributed by atoms with Crippen molar-refractivity contribution < 1.29 is 9.18 Å². The number of hydrogen-bond acceptors (Lipinski definition) is 4. The lowest BCUT2D eigenvalue weighted by Crippen LogP contribution is -2.32. The van der Waals surface area contributed by atoms with Gasteiger partial charge in [-0.3, -0.25) is 9.89 Å². The number of anilines is 1. The third-order valence-electron chi connectivity index (χ3n) is 4.18. The number of nitrogens with one attached hydrogen (secondary N) is 1. The van der Waals surface area contributed by atoms with Crippen LogP contribution in [0.2, 0.25) is 0 Å². The number of amides is 1. The average molecular weight is 384 g/mol. The first-order chi connectivity index (χ1) is 13.1. The quantitative estimate of drug-likeness (QED) is 0.616. The number of halogens is 1. The van der Waals surface area contributed by atoms with E-state index in [1.165, 1.54) is 29.5 Å². The fraction of sp³-hybridized carbons (Fsp3) is 0.250. The number of nitrogens with zero attached hydrogens (tertiary/aromatic N) is 3. The number of rotatable bonds is 7. The fourth-order valence-corrected chi connectivity index (χ4v) is 3.34. The first-order valence-corrected chi connectivity index (χ1v) is 9.79. The van der Waals surface area contributed by atoms with Crippen molar-refractivity contribution in [3.05, 3.63) is 59.9 Å². The zero-order valence-corrected chi connectivity index (χ0v) is 16.1. The summed E-state index contributed by atoms with van der Waals surface area (Å²) >= 11 is 1.27. The second-order valence-corrected chi connectivity index (χ2v) is 6.86. The third kappa shape index (κ3) is 4.74. The molecule has 0 saturated carbocycles. The van der Waals surface area contributed by atoms with Crippen LogP contribution < -0.4 is 4.90 Å². The van der Waals surface area contributed by atoms with Gasteiger partial charge in [-0.15, -0.1) is 5.10 Å². The minimum absolute atomic E-state index is 0.0762. The molecule has 0 saturated heterocycles. The van der Waals surface area contributed by atoms with Crippen LogP contribution in [-0.2, 0) is 11.2 Å². The standard InChI is InChI=1S/C20H21FN4OS/c1-3-14-5-7-15(8-6-14)19-22-20(24-23-19)27-13-18(26)25(4-2)17-11-9-16(21)10-12-17/h5-12H,3-4,13H2,1-2H3,(H,22,23,24). The van der Waals surface area contributed by atoms with Crippen LogP contribution in [0.5, 0.6) is 0 Å². The summed E-state index contributed by atoms with van der Waals surface area (Å²) in [6.07, 6.45) is 0.988. The molecule has 0 atom stereocenters. The van der Waals surface area contributed by atoms with Crippen LogP contribution in [0.4, 0.5) is 10.1 Å². The number of aryl methyl sites for hydroxylation is 1. The van der Waals surface area contributed by atoms with Crippen molar-refractivity contribution in [3.63, 3.8) is 0 Å². The maximum Gasteiger partial charge on any atom is 0.237 e. The summed E-state index contributed by atoms with van der Waals surface area (Å²) in [5.74, 6) is 0.486. The van der Waals surface area contributed by atoms with Gasteiger partial charge in [0.1, 0.15) is 5.82 Å². The van der Waals surface area contributed by atoms with Crippen LogP contribution in [0.25, 0.3) is 11.4 Å². The maximum absolute atomic E-state index is 13.1. The van der Waals surface area contributed by atoms with Gasteiger partial charge in [-0.05, 0) is 43.2 Å². The summed E-state index contributed by atoms with van der Waals surface area (Å²) in [5, 5.41) is 7.62. The molecule has 1 aromatic heterocycles. The van der Waals surface area contributed by atoms with E-state index in [9.17, 15) is 9.18 Å². The van der Waals surface area contributed by atoms with Gasteiger partial charge in [0, 0.05) is 17.8 Å². The van der Waals surface area contributed by atoms with E-state index in [-0.39, 0.29) is 17.5 Å². The number of H-pyrrole nitrogens is 1. The zero-order valence-electron chi connectivity index (χ0n) is 15.3. The van der Waals surface area contributed by atoms with Gasteiger partial charge in [0.2, 0.25) is 11.1 Å². The molecule has 1 N–H and O–H groups in total. The van der Waals surface area contributed by atoms with Crippen LogP contribution in [0, 0.1) is 5.82 Å². The van der Waals surface area contributed by atoms with E-state index >= 15 is 0 Å². The molecular formula is C20H21FN4OS. The molecule has 27 heavy (non-hydrogen) atoms. The summed E-state index contributed by atoms with van der Waals surface area (Å²) in [5.41, 5.74) is 2.90. The molecule has 0 radical (unpaired) electrons. The summed E-state index contributed by atoms with van der Waals surface area (Å²) in [7, 11) is 0. The summed E-state index contributed by atoms with van der Waals surface area (Å²) < 4.78 is 13.1. The first kappa shape index (κ1) is 19.1. The van der Waals surface area contributed by atoms with E-state index in [0.717, 1.165) is 12.0 Å². The molecule has 1 heterocycles. The Morgan fingerprint density at radius 1 is 1.11 bits per heavy atom. The number of thioether (sulfide) groups is 1. The molecule has 5 nitrogen and oxygen atoms in total. The summed E-state index contributed by atoms with van der Waals surface area (Å²) in [6, 6.07) is 14.1. The Labute approximate surface area is 162 Å². The molecule has 0 spiro atoms. The average Bonchev–Trinajstić information content (AvgIpc) is 3.17. The van der Waals surface area contributed by atoms with E-state index in [1.54, 1.807) is 17.0 Å². The highest BCUT2D eigenvalue weighted by Gasteiger charge is 2.16. The van der Waals surface area contributed by atoms with Crippen molar-refractivity contribution in [1.29, 1.82) is 0 Å². The largest absolute Gasteiger partial charge is 0.312 e. The van der Waals surface area contributed by atoms with Gasteiger partial charge in [-0.1, -0.05) is 43.0 Å². The van der Waals surface area contributed by atoms with Crippen molar-refractivity contribution in [2.45, 2.75) is 25.4 Å². The van der Waals surface area contributed by atoms with Gasteiger partial charge >= 0.3 is 0 Å². The molecular weight excluding hydrogens is 363 g/mol. The van der Waals surface area contributed by atoms with Crippen molar-refractivity contribution >= 4 is 23.4 Å². The number of aromatic amines is 1. The fourth-order valence-electron chi connectivity index (χ4n) is 2.67. The number of hydrogen-bond donors (Lipinski definition) is 1. The Kier molecular flexibility index (Phi) is 6.24. The zero-order chi connectivity index (χ0) is 19.2. The lowest BCUT2D eigenvalue weighted by Gasteiger charge is -2.20. The second-order valence-electron chi connectivity index (χ2n) is 5.92. The molecule has 7 heteroatoms. The van der Waals surface area contributed by atoms with Crippen molar-refractivity contribution in [2.24, 2.45) is 0 Å². The van der Waals surface area contributed by atoms with Gasteiger partial charge < -0.3 is 4.90 Å². The van der Waals surface area contributed by atoms with E-state index in [4.69, 9.17) is 0 Å². The Hall–Kier alpha value is -2.67. The molecule has 140 valence electrons. The Bertz CT molecular complexity index is 893. The van der Waals surface area contributed by atoms with Gasteiger partial charge in [-0.2, -0.15) is 0 Å². The highest BCUT2D eigenvalue weighted by molar-refractivity contribution is 7.99. The molecule has 3 aromatic rings. The maximum atomic E-state index is 13.1. The number of benzene rings is 2. The molecule has 2 aromatic carbocycles. The highest BCUT2D eigenvalue weighted by Crippen LogP contribution is 2.21. The molecule has 0 bridgehead atoms. The van der Waals surface area contributed by atoms with Crippen molar-refractivity contribution in [1.82, 2.24) is 15.2 Å². The van der Waals surface area contributed by atoms with Crippen LogP contribution in [0.3, 0.4) is 0 Å². The Morgan fingerprint density at radius 3 is 2.44 bits per heavy atom. The minimum atomic E-state index is -0.322. The van der Waals surface area contributed by atoms with Gasteiger partial charge in [0.05, 0.1) is 5.75 Å². The Morgan fingerprint density at radius 2 is 1.81 bits per heavy atom. The highest BCUT2D eigenvalue weighted by atomic mass is 32.2. The lowest BCUT2D eigenvalue weighted by atomic mass is 10.1. The molecule has 0 unspecified atom stereocenters. The summed E-state index contributed by atoms with van der Waals surface area (Å²) in [6.45, 7) is 4.51. The van der Waals surface area contributed by atoms with Gasteiger partial charge in [0.15, 0.2) is 5.82 Å². The summed E-state index contributed by atoms with van der Waals surface area (Å²) in [4.78, 5) is 18.6. The monoisotopic (exact) mass is 384 g/mol. The predicted molar refractivity (Wildman–Crippen MR) is 106 cm³/mol. The topological polar surface area (TPSA) is 61.9 Å². The number of carbonyl (C=O) groups excluding carboxylic acids is 1. The SMILES string of the molecule is CCc1ccc(-c2nc(SCC(=O)N(CC)c3ccc(F)cc3)n[nH]2)cc1. The van der Waals surface area contributed by atoms with E-state index in [2.05, 4.69) is 34.2 Å². The Balaban J connectivity index is 1.63. The van der Waals surface area contributed by atoms with Gasteiger partial charge in [0.25, 0.3) is 0 Å². The van der Waals surface area contributed by atoms with Crippen LogP contribution in [0.15, 0.2) is 53.7 Å². The molecule has 0 aliphatic carbocycles. The molecule has 1 amide bonds. The normalized spacial score (nSPS) is 10.8. The molecule has 0 fully saturated rings. The second kappa shape index (κ2) is 8.81. The molecule has 0 aliphatic heterocycles. The van der Waals surface area contributed by atoms with Crippen LogP contribution >= 0.6 is 11.8 Å². The van der Waals surface area contributed by atoms with E-state index < -0.39 is 0 Å². The van der Waals surface area contributed by atoms with Gasteiger partial charge in [-0.25, -0.2) is 9.37 Å².